The summed E-state index contributed by atoms with van der Waals surface area (Å²) in [5, 5.41) is 2.63. The highest BCUT2D eigenvalue weighted by molar-refractivity contribution is 5.99. The molecule has 2 aromatic rings. The number of Topliss-reactive ketones (excluding diaryl/α,β-unsaturated/α-hetero) is 1. The average molecular weight is 385 g/mol. The number of esters is 1. The summed E-state index contributed by atoms with van der Waals surface area (Å²) in [6, 6.07) is 11.2. The number of hydrogen-bond acceptors (Lipinski definition) is 6. The lowest BCUT2D eigenvalue weighted by Gasteiger charge is -2.15. The van der Waals surface area contributed by atoms with E-state index >= 15 is 0 Å². The Labute approximate surface area is 163 Å². The second kappa shape index (κ2) is 9.55. The normalized spacial score (nSPS) is 11.3. The molecule has 0 radical (unpaired) electrons. The first-order valence-corrected chi connectivity index (χ1v) is 8.79. The van der Waals surface area contributed by atoms with Gasteiger partial charge in [0.05, 0.1) is 19.3 Å². The zero-order chi connectivity index (χ0) is 20.7. The number of hydrogen-bond donors (Lipinski definition) is 1. The predicted molar refractivity (Wildman–Crippen MR) is 104 cm³/mol. The van der Waals surface area contributed by atoms with E-state index in [0.29, 0.717) is 29.4 Å². The highest BCUT2D eigenvalue weighted by atomic mass is 16.5. The van der Waals surface area contributed by atoms with E-state index in [9.17, 15) is 14.4 Å². The van der Waals surface area contributed by atoms with Gasteiger partial charge in [0.1, 0.15) is 0 Å². The quantitative estimate of drug-likeness (QED) is 0.553. The molecule has 1 amide bonds. The van der Waals surface area contributed by atoms with E-state index in [1.165, 1.54) is 33.1 Å². The molecule has 0 bridgehead atoms. The zero-order valence-corrected chi connectivity index (χ0v) is 16.3. The molecule has 7 nitrogen and oxygen atoms in total. The van der Waals surface area contributed by atoms with Crippen LogP contribution in [-0.4, -0.2) is 37.5 Å². The van der Waals surface area contributed by atoms with Gasteiger partial charge in [-0.3, -0.25) is 9.59 Å². The molecule has 0 fully saturated rings. The van der Waals surface area contributed by atoms with Crippen LogP contribution in [0.4, 0.5) is 5.69 Å². The van der Waals surface area contributed by atoms with Crippen molar-refractivity contribution in [2.45, 2.75) is 26.9 Å². The van der Waals surface area contributed by atoms with Gasteiger partial charge in [-0.2, -0.15) is 0 Å². The Morgan fingerprint density at radius 1 is 1.04 bits per heavy atom. The molecule has 2 aromatic carbocycles. The maximum absolute atomic E-state index is 12.3. The number of methoxy groups -OCH3 is 1. The summed E-state index contributed by atoms with van der Waals surface area (Å²) >= 11 is 0. The highest BCUT2D eigenvalue weighted by Crippen LogP contribution is 2.28. The Bertz CT molecular complexity index is 877. The molecular formula is C21H23NO6. The van der Waals surface area contributed by atoms with Gasteiger partial charge in [0.25, 0.3) is 5.91 Å². The van der Waals surface area contributed by atoms with Gasteiger partial charge in [0.15, 0.2) is 23.4 Å². The van der Waals surface area contributed by atoms with Crippen LogP contribution in [0, 0.1) is 0 Å². The molecule has 28 heavy (non-hydrogen) atoms. The lowest BCUT2D eigenvalue weighted by molar-refractivity contribution is -0.123. The van der Waals surface area contributed by atoms with Gasteiger partial charge in [0.2, 0.25) is 0 Å². The molecule has 1 unspecified atom stereocenters. The molecule has 0 aromatic heterocycles. The summed E-state index contributed by atoms with van der Waals surface area (Å²) in [6.45, 7) is 5.21. The third-order valence-electron chi connectivity index (χ3n) is 3.89. The predicted octanol–water partition coefficient (Wildman–Crippen LogP) is 3.48. The van der Waals surface area contributed by atoms with Gasteiger partial charge < -0.3 is 19.5 Å². The van der Waals surface area contributed by atoms with E-state index < -0.39 is 18.0 Å². The molecular weight excluding hydrogens is 362 g/mol. The molecule has 148 valence electrons. The first kappa shape index (κ1) is 21.0. The second-order valence-corrected chi connectivity index (χ2v) is 5.97. The molecule has 1 atom stereocenters. The Morgan fingerprint density at radius 2 is 1.79 bits per heavy atom. The van der Waals surface area contributed by atoms with Crippen molar-refractivity contribution in [1.82, 2.24) is 0 Å². The largest absolute Gasteiger partial charge is 0.493 e. The summed E-state index contributed by atoms with van der Waals surface area (Å²) in [5.41, 5.74) is 1.16. The zero-order valence-electron chi connectivity index (χ0n) is 16.3. The average Bonchev–Trinajstić information content (AvgIpc) is 2.68. The number of nitrogens with one attached hydrogen (secondary N) is 1. The number of carbonyl (C=O) groups is 3. The van der Waals surface area contributed by atoms with Gasteiger partial charge in [-0.15, -0.1) is 0 Å². The summed E-state index contributed by atoms with van der Waals surface area (Å²) < 4.78 is 15.9. The summed E-state index contributed by atoms with van der Waals surface area (Å²) in [6.07, 6.45) is -1.04. The topological polar surface area (TPSA) is 90.9 Å². The van der Waals surface area contributed by atoms with Gasteiger partial charge in [0, 0.05) is 11.3 Å². The molecule has 0 saturated carbocycles. The minimum absolute atomic E-state index is 0.111. The van der Waals surface area contributed by atoms with Crippen molar-refractivity contribution >= 4 is 23.3 Å². The Morgan fingerprint density at radius 3 is 2.43 bits per heavy atom. The molecule has 0 heterocycles. The Kier molecular flexibility index (Phi) is 7.14. The molecule has 0 aliphatic heterocycles. The number of amides is 1. The molecule has 0 aliphatic carbocycles. The molecule has 7 heteroatoms. The van der Waals surface area contributed by atoms with Crippen LogP contribution >= 0.6 is 0 Å². The van der Waals surface area contributed by atoms with Gasteiger partial charge >= 0.3 is 5.97 Å². The molecule has 2 rings (SSSR count). The Balaban J connectivity index is 2.04. The Hall–Kier alpha value is -3.35. The van der Waals surface area contributed by atoms with E-state index in [-0.39, 0.29) is 11.3 Å². The van der Waals surface area contributed by atoms with E-state index in [4.69, 9.17) is 14.2 Å². The summed E-state index contributed by atoms with van der Waals surface area (Å²) in [4.78, 5) is 36.1. The van der Waals surface area contributed by atoms with Crippen LogP contribution in [0.1, 0.15) is 41.5 Å². The van der Waals surface area contributed by atoms with Crippen LogP contribution < -0.4 is 14.8 Å². The lowest BCUT2D eigenvalue weighted by Crippen LogP contribution is -2.30. The first-order chi connectivity index (χ1) is 13.3. The number of carbonyl (C=O) groups excluding carboxylic acids is 3. The van der Waals surface area contributed by atoms with Crippen LogP contribution in [-0.2, 0) is 9.53 Å². The summed E-state index contributed by atoms with van der Waals surface area (Å²) in [7, 11) is 1.47. The second-order valence-electron chi connectivity index (χ2n) is 5.97. The third kappa shape index (κ3) is 5.33. The number of ether oxygens (including phenoxy) is 3. The molecule has 0 saturated heterocycles. The van der Waals surface area contributed by atoms with Crippen molar-refractivity contribution in [3.05, 3.63) is 53.6 Å². The third-order valence-corrected chi connectivity index (χ3v) is 3.89. The van der Waals surface area contributed by atoms with Gasteiger partial charge in [-0.1, -0.05) is 12.1 Å². The number of benzene rings is 2. The van der Waals surface area contributed by atoms with E-state index in [1.54, 1.807) is 30.3 Å². The van der Waals surface area contributed by atoms with Gasteiger partial charge in [-0.05, 0) is 51.1 Å². The maximum Gasteiger partial charge on any atom is 0.339 e. The van der Waals surface area contributed by atoms with Crippen molar-refractivity contribution in [2.24, 2.45) is 0 Å². The van der Waals surface area contributed by atoms with Crippen molar-refractivity contribution in [3.8, 4) is 11.5 Å². The van der Waals surface area contributed by atoms with Crippen molar-refractivity contribution in [3.63, 3.8) is 0 Å². The first-order valence-electron chi connectivity index (χ1n) is 8.79. The van der Waals surface area contributed by atoms with Crippen LogP contribution in [0.5, 0.6) is 11.5 Å². The maximum atomic E-state index is 12.3. The highest BCUT2D eigenvalue weighted by Gasteiger charge is 2.20. The van der Waals surface area contributed by atoms with Gasteiger partial charge in [-0.25, -0.2) is 4.79 Å². The van der Waals surface area contributed by atoms with E-state index in [2.05, 4.69) is 5.32 Å². The smallest absolute Gasteiger partial charge is 0.339 e. The van der Waals surface area contributed by atoms with E-state index in [0.717, 1.165) is 0 Å². The van der Waals surface area contributed by atoms with Crippen molar-refractivity contribution < 1.29 is 28.6 Å². The lowest BCUT2D eigenvalue weighted by atomic mass is 10.1. The minimum atomic E-state index is -1.04. The fourth-order valence-electron chi connectivity index (χ4n) is 2.41. The van der Waals surface area contributed by atoms with Crippen molar-refractivity contribution in [2.75, 3.05) is 19.0 Å². The minimum Gasteiger partial charge on any atom is -0.493 e. The monoisotopic (exact) mass is 385 g/mol. The number of rotatable bonds is 8. The summed E-state index contributed by atoms with van der Waals surface area (Å²) in [5.74, 6) is -0.374. The molecule has 1 N–H and O–H groups in total. The van der Waals surface area contributed by atoms with Crippen LogP contribution in [0.3, 0.4) is 0 Å². The standard InChI is InChI=1S/C21H23NO6/c1-5-27-18-10-9-16(12-19(18)26-4)21(25)28-14(3)20(24)22-17-8-6-7-15(11-17)13(2)23/h6-12,14H,5H2,1-4H3,(H,22,24). The number of anilines is 1. The SMILES string of the molecule is CCOc1ccc(C(=O)OC(C)C(=O)Nc2cccc(C(C)=O)c2)cc1OC. The molecule has 0 aliphatic rings. The fourth-order valence-corrected chi connectivity index (χ4v) is 2.41. The van der Waals surface area contributed by atoms with Crippen LogP contribution in [0.25, 0.3) is 0 Å². The fraction of sp³-hybridized carbons (Fsp3) is 0.286. The van der Waals surface area contributed by atoms with Crippen LogP contribution in [0.2, 0.25) is 0 Å². The van der Waals surface area contributed by atoms with E-state index in [1.807, 2.05) is 6.92 Å². The molecule has 0 spiro atoms. The van der Waals surface area contributed by atoms with Crippen molar-refractivity contribution in [1.29, 1.82) is 0 Å². The van der Waals surface area contributed by atoms with Crippen LogP contribution in [0.15, 0.2) is 42.5 Å². The number of ketones is 1.